The molecule has 1 aliphatic rings. The van der Waals surface area contributed by atoms with Gasteiger partial charge in [-0.05, 0) is 26.8 Å². The van der Waals surface area contributed by atoms with E-state index < -0.39 is 15.5 Å². The molecule has 1 aromatic carbocycles. The Balaban J connectivity index is 2.56. The molecule has 1 aromatic rings. The third-order valence-electron chi connectivity index (χ3n) is 2.88. The van der Waals surface area contributed by atoms with Gasteiger partial charge in [-0.25, -0.2) is 0 Å². The maximum atomic E-state index is 13.1. The Labute approximate surface area is 131 Å². The molecular weight excluding hydrogens is 326 g/mol. The van der Waals surface area contributed by atoms with E-state index in [9.17, 15) is 9.46 Å². The first-order valence-electron chi connectivity index (χ1n) is 7.14. The highest BCUT2D eigenvalue weighted by molar-refractivity contribution is 7.82. The summed E-state index contributed by atoms with van der Waals surface area (Å²) in [6.07, 6.45) is 1.53. The monoisotopic (exact) mass is 346 g/mol. The van der Waals surface area contributed by atoms with E-state index in [0.717, 1.165) is 0 Å². The third kappa shape index (κ3) is 3.43. The van der Waals surface area contributed by atoms with Gasteiger partial charge in [0.25, 0.3) is 0 Å². The molecule has 2 rings (SSSR count). The molecule has 1 aliphatic heterocycles. The largest absolute Gasteiger partial charge is 0.619 e. The van der Waals surface area contributed by atoms with Crippen LogP contribution >= 0.6 is 15.5 Å². The fourth-order valence-electron chi connectivity index (χ4n) is 2.08. The molecule has 0 N–H and O–H groups in total. The quantitative estimate of drug-likeness (QED) is 0.699. The normalized spacial score (nSPS) is 21.0. The van der Waals surface area contributed by atoms with E-state index >= 15 is 0 Å². The summed E-state index contributed by atoms with van der Waals surface area (Å²) < 4.78 is 34.5. The lowest BCUT2D eigenvalue weighted by atomic mass is 10.2. The number of hydrogen-bond donors (Lipinski definition) is 0. The van der Waals surface area contributed by atoms with Crippen LogP contribution in [0.4, 0.5) is 0 Å². The van der Waals surface area contributed by atoms with Crippen LogP contribution in [0.15, 0.2) is 29.3 Å². The van der Waals surface area contributed by atoms with Gasteiger partial charge in [0.1, 0.15) is 0 Å². The van der Waals surface area contributed by atoms with E-state index in [1.165, 1.54) is 6.08 Å². The van der Waals surface area contributed by atoms with Crippen LogP contribution in [0.25, 0.3) is 6.08 Å². The van der Waals surface area contributed by atoms with E-state index in [0.29, 0.717) is 11.3 Å². The lowest BCUT2D eigenvalue weighted by Gasteiger charge is -2.34. The summed E-state index contributed by atoms with van der Waals surface area (Å²) in [4.78, 5) is 13.1. The Morgan fingerprint density at radius 1 is 1.14 bits per heavy atom. The van der Waals surface area contributed by atoms with Gasteiger partial charge in [-0.1, -0.05) is 18.2 Å². The van der Waals surface area contributed by atoms with E-state index in [2.05, 4.69) is 0 Å². The van der Waals surface area contributed by atoms with Crippen molar-refractivity contribution >= 4 is 21.6 Å². The second kappa shape index (κ2) is 7.22. The SMILES string of the molecule is CCOP(=O)(OCC)C1=Cc2ccccc2O[P+]1([O-])OCC. The molecule has 1 heterocycles. The number of para-hydroxylation sites is 1. The molecular formula is C14H20O6P2. The van der Waals surface area contributed by atoms with Crippen LogP contribution in [0.1, 0.15) is 26.3 Å². The summed E-state index contributed by atoms with van der Waals surface area (Å²) in [6, 6.07) is 7.02. The fourth-order valence-corrected chi connectivity index (χ4v) is 6.58. The zero-order valence-corrected chi connectivity index (χ0v) is 14.6. The molecule has 0 saturated carbocycles. The van der Waals surface area contributed by atoms with Crippen molar-refractivity contribution in [3.05, 3.63) is 34.9 Å². The Morgan fingerprint density at radius 3 is 2.36 bits per heavy atom. The molecule has 0 spiro atoms. The highest BCUT2D eigenvalue weighted by atomic mass is 31.3. The Morgan fingerprint density at radius 2 is 1.77 bits per heavy atom. The molecule has 0 bridgehead atoms. The van der Waals surface area contributed by atoms with Crippen molar-refractivity contribution in [2.24, 2.45) is 0 Å². The van der Waals surface area contributed by atoms with Gasteiger partial charge >= 0.3 is 15.5 Å². The summed E-state index contributed by atoms with van der Waals surface area (Å²) >= 11 is 0. The molecule has 0 saturated heterocycles. The van der Waals surface area contributed by atoms with Crippen LogP contribution in [0.3, 0.4) is 0 Å². The van der Waals surface area contributed by atoms with Crippen molar-refractivity contribution in [3.8, 4) is 5.75 Å². The summed E-state index contributed by atoms with van der Waals surface area (Å²) in [5.41, 5.74) is 0.656. The van der Waals surface area contributed by atoms with E-state index in [-0.39, 0.29) is 24.9 Å². The van der Waals surface area contributed by atoms with Gasteiger partial charge in [0.05, 0.1) is 19.8 Å². The standard InChI is InChI=1S/C14H20O6P2/c1-4-17-21(15,18-5-2)14-11-12-9-7-8-10-13(12)20-22(14,16)19-6-3/h7-11H,4-6H2,1-3H3. The van der Waals surface area contributed by atoms with Crippen LogP contribution in [-0.2, 0) is 18.1 Å². The lowest BCUT2D eigenvalue weighted by molar-refractivity contribution is -0.206. The molecule has 8 heteroatoms. The minimum atomic E-state index is -3.79. The van der Waals surface area contributed by atoms with Gasteiger partial charge in [-0.15, -0.1) is 0 Å². The Kier molecular flexibility index (Phi) is 5.78. The number of rotatable bonds is 7. The first-order valence-corrected chi connectivity index (χ1v) is 10.2. The van der Waals surface area contributed by atoms with Crippen molar-refractivity contribution in [3.63, 3.8) is 0 Å². The van der Waals surface area contributed by atoms with Gasteiger partial charge < -0.3 is 18.5 Å². The Hall–Kier alpha value is -0.740. The van der Waals surface area contributed by atoms with E-state index in [1.807, 2.05) is 0 Å². The molecule has 0 fully saturated rings. The van der Waals surface area contributed by atoms with Crippen LogP contribution in [-0.4, -0.2) is 19.8 Å². The van der Waals surface area contributed by atoms with Crippen LogP contribution < -0.4 is 9.42 Å². The van der Waals surface area contributed by atoms with E-state index in [1.54, 1.807) is 45.0 Å². The van der Waals surface area contributed by atoms with Crippen molar-refractivity contribution in [2.75, 3.05) is 19.8 Å². The minimum absolute atomic E-state index is 0.0516. The van der Waals surface area contributed by atoms with Gasteiger partial charge in [0, 0.05) is 11.6 Å². The summed E-state index contributed by atoms with van der Waals surface area (Å²) in [5.74, 6) is 0.419. The van der Waals surface area contributed by atoms with Crippen molar-refractivity contribution in [2.45, 2.75) is 20.8 Å². The lowest BCUT2D eigenvalue weighted by Crippen LogP contribution is -2.23. The average Bonchev–Trinajstić information content (AvgIpc) is 2.47. The first kappa shape index (κ1) is 17.6. The smallest absolute Gasteiger partial charge is 0.401 e. The molecule has 22 heavy (non-hydrogen) atoms. The minimum Gasteiger partial charge on any atom is -0.619 e. The molecule has 1 unspecified atom stereocenters. The molecule has 0 radical (unpaired) electrons. The predicted molar refractivity (Wildman–Crippen MR) is 84.5 cm³/mol. The topological polar surface area (TPSA) is 77.1 Å². The molecule has 122 valence electrons. The summed E-state index contributed by atoms with van der Waals surface area (Å²) in [5, 5.41) is -0.0516. The second-order valence-corrected chi connectivity index (χ2v) is 8.64. The first-order chi connectivity index (χ1) is 10.5. The van der Waals surface area contributed by atoms with Gasteiger partial charge in [-0.3, -0.25) is 4.57 Å². The van der Waals surface area contributed by atoms with Gasteiger partial charge in [0.2, 0.25) is 5.06 Å². The summed E-state index contributed by atoms with van der Waals surface area (Å²) in [7, 11) is -7.54. The zero-order chi connectivity index (χ0) is 16.2. The molecule has 0 amide bonds. The summed E-state index contributed by atoms with van der Waals surface area (Å²) in [6.45, 7) is 5.53. The highest BCUT2D eigenvalue weighted by Crippen LogP contribution is 2.77. The molecule has 0 aliphatic carbocycles. The van der Waals surface area contributed by atoms with E-state index in [4.69, 9.17) is 18.1 Å². The average molecular weight is 346 g/mol. The number of fused-ring (bicyclic) bond motifs is 1. The maximum Gasteiger partial charge on any atom is 0.401 e. The van der Waals surface area contributed by atoms with Crippen molar-refractivity contribution in [1.29, 1.82) is 0 Å². The maximum absolute atomic E-state index is 13.1. The van der Waals surface area contributed by atoms with Crippen LogP contribution in [0, 0.1) is 0 Å². The highest BCUT2D eigenvalue weighted by Gasteiger charge is 2.53. The van der Waals surface area contributed by atoms with Crippen LogP contribution in [0.5, 0.6) is 5.75 Å². The molecule has 1 atom stereocenters. The van der Waals surface area contributed by atoms with Crippen molar-refractivity contribution in [1.82, 2.24) is 0 Å². The van der Waals surface area contributed by atoms with Gasteiger partial charge in [-0.2, -0.15) is 4.52 Å². The van der Waals surface area contributed by atoms with Gasteiger partial charge in [0.15, 0.2) is 5.75 Å². The molecule has 0 aromatic heterocycles. The predicted octanol–water partition coefficient (Wildman–Crippen LogP) is 3.80. The third-order valence-corrected chi connectivity index (χ3v) is 7.96. The second-order valence-electron chi connectivity index (χ2n) is 4.38. The zero-order valence-electron chi connectivity index (χ0n) is 12.9. The van der Waals surface area contributed by atoms with Crippen LogP contribution in [0.2, 0.25) is 0 Å². The Bertz CT molecular complexity index is 593. The number of hydrogen-bond acceptors (Lipinski definition) is 6. The van der Waals surface area contributed by atoms with Crippen molar-refractivity contribution < 1.29 is 27.6 Å². The molecule has 6 nitrogen and oxygen atoms in total. The fraction of sp³-hybridized carbons (Fsp3) is 0.429. The number of benzene rings is 1.